The molecule has 0 aromatic heterocycles. The maximum atomic E-state index is 12.8. The summed E-state index contributed by atoms with van der Waals surface area (Å²) >= 11 is 0. The Kier molecular flexibility index (Phi) is 3.10. The molecule has 2 rings (SSSR count). The summed E-state index contributed by atoms with van der Waals surface area (Å²) in [6.07, 6.45) is -9.34. The van der Waals surface area contributed by atoms with E-state index in [1.165, 1.54) is 0 Å². The van der Waals surface area contributed by atoms with Crippen molar-refractivity contribution in [2.45, 2.75) is 31.1 Å². The highest BCUT2D eigenvalue weighted by Crippen LogP contribution is 2.43. The van der Waals surface area contributed by atoms with Crippen molar-refractivity contribution < 1.29 is 31.1 Å². The molecule has 0 saturated heterocycles. The van der Waals surface area contributed by atoms with Crippen LogP contribution in [0.15, 0.2) is 18.2 Å². The second kappa shape index (κ2) is 4.25. The summed E-state index contributed by atoms with van der Waals surface area (Å²) in [5.74, 6) is -1.30. The standard InChI is InChI=1S/C12H8F6O/c13-11(14,15)6-1-2-7(8-3-4-10(8)19)9(5-6)12(16,17)18/h1-2,5,8H,3-4H2. The lowest BCUT2D eigenvalue weighted by molar-refractivity contribution is -0.143. The summed E-state index contributed by atoms with van der Waals surface area (Å²) < 4.78 is 75.6. The van der Waals surface area contributed by atoms with Gasteiger partial charge in [-0.3, -0.25) is 4.79 Å². The van der Waals surface area contributed by atoms with Gasteiger partial charge in [-0.2, -0.15) is 26.3 Å². The Morgan fingerprint density at radius 1 is 1.00 bits per heavy atom. The molecular formula is C12H8F6O. The zero-order valence-electron chi connectivity index (χ0n) is 9.40. The topological polar surface area (TPSA) is 17.1 Å². The van der Waals surface area contributed by atoms with E-state index in [9.17, 15) is 31.1 Å². The molecule has 0 radical (unpaired) electrons. The molecule has 1 atom stereocenters. The molecule has 0 amide bonds. The van der Waals surface area contributed by atoms with Gasteiger partial charge in [-0.15, -0.1) is 0 Å². The molecule has 0 aliphatic heterocycles. The van der Waals surface area contributed by atoms with Crippen LogP contribution in [0.25, 0.3) is 0 Å². The van der Waals surface area contributed by atoms with E-state index in [0.717, 1.165) is 6.07 Å². The Bertz CT molecular complexity index is 514. The first kappa shape index (κ1) is 13.9. The molecule has 1 aliphatic carbocycles. The Morgan fingerprint density at radius 2 is 1.63 bits per heavy atom. The van der Waals surface area contributed by atoms with Crippen molar-refractivity contribution in [1.82, 2.24) is 0 Å². The van der Waals surface area contributed by atoms with Crippen LogP contribution >= 0.6 is 0 Å². The van der Waals surface area contributed by atoms with Gasteiger partial charge >= 0.3 is 12.4 Å². The van der Waals surface area contributed by atoms with Gasteiger partial charge < -0.3 is 0 Å². The van der Waals surface area contributed by atoms with Gasteiger partial charge in [0.25, 0.3) is 0 Å². The molecule has 1 aromatic carbocycles. The molecule has 1 aromatic rings. The summed E-state index contributed by atoms with van der Waals surface area (Å²) in [6.45, 7) is 0. The molecule has 1 saturated carbocycles. The number of benzene rings is 1. The first-order valence-electron chi connectivity index (χ1n) is 5.42. The van der Waals surface area contributed by atoms with E-state index in [1.807, 2.05) is 0 Å². The van der Waals surface area contributed by atoms with E-state index in [2.05, 4.69) is 0 Å². The van der Waals surface area contributed by atoms with Crippen LogP contribution in [0.3, 0.4) is 0 Å². The Morgan fingerprint density at radius 3 is 2.00 bits per heavy atom. The van der Waals surface area contributed by atoms with Gasteiger partial charge in [0.1, 0.15) is 5.78 Å². The maximum absolute atomic E-state index is 12.8. The molecule has 1 unspecified atom stereocenters. The Balaban J connectivity index is 2.53. The number of halogens is 6. The zero-order valence-corrected chi connectivity index (χ0v) is 9.40. The smallest absolute Gasteiger partial charge is 0.299 e. The average molecular weight is 282 g/mol. The minimum Gasteiger partial charge on any atom is -0.299 e. The van der Waals surface area contributed by atoms with Crippen molar-refractivity contribution >= 4 is 5.78 Å². The lowest BCUT2D eigenvalue weighted by Crippen LogP contribution is -2.26. The van der Waals surface area contributed by atoms with Crippen LogP contribution in [0, 0.1) is 0 Å². The number of rotatable bonds is 1. The second-order valence-electron chi connectivity index (χ2n) is 4.36. The summed E-state index contributed by atoms with van der Waals surface area (Å²) in [4.78, 5) is 11.2. The van der Waals surface area contributed by atoms with Gasteiger partial charge in [0.15, 0.2) is 0 Å². The molecular weight excluding hydrogens is 274 g/mol. The highest BCUT2D eigenvalue weighted by atomic mass is 19.4. The van der Waals surface area contributed by atoms with Gasteiger partial charge in [0.05, 0.1) is 11.1 Å². The highest BCUT2D eigenvalue weighted by molar-refractivity contribution is 5.91. The number of hydrogen-bond donors (Lipinski definition) is 0. The fourth-order valence-electron chi connectivity index (χ4n) is 2.02. The molecule has 19 heavy (non-hydrogen) atoms. The predicted octanol–water partition coefficient (Wildman–Crippen LogP) is 4.17. The van der Waals surface area contributed by atoms with Crippen LogP contribution in [0.1, 0.15) is 35.4 Å². The molecule has 1 nitrogen and oxygen atoms in total. The van der Waals surface area contributed by atoms with Gasteiger partial charge in [0, 0.05) is 12.3 Å². The summed E-state index contributed by atoms with van der Waals surface area (Å²) in [5, 5.41) is 0. The minimum absolute atomic E-state index is 0.0704. The van der Waals surface area contributed by atoms with Crippen LogP contribution in [0.2, 0.25) is 0 Å². The summed E-state index contributed by atoms with van der Waals surface area (Å²) in [5.41, 5.74) is -3.10. The third-order valence-electron chi connectivity index (χ3n) is 3.13. The third kappa shape index (κ3) is 2.59. The third-order valence-corrected chi connectivity index (χ3v) is 3.13. The predicted molar refractivity (Wildman–Crippen MR) is 53.4 cm³/mol. The molecule has 0 bridgehead atoms. The molecule has 0 N–H and O–H groups in total. The first-order valence-corrected chi connectivity index (χ1v) is 5.42. The quantitative estimate of drug-likeness (QED) is 0.706. The van der Waals surface area contributed by atoms with Crippen molar-refractivity contribution in [2.75, 3.05) is 0 Å². The van der Waals surface area contributed by atoms with Crippen LogP contribution in [-0.4, -0.2) is 5.78 Å². The van der Waals surface area contributed by atoms with Crippen LogP contribution in [0.5, 0.6) is 0 Å². The minimum atomic E-state index is -4.91. The van der Waals surface area contributed by atoms with Crippen molar-refractivity contribution in [3.05, 3.63) is 34.9 Å². The summed E-state index contributed by atoms with van der Waals surface area (Å²) in [6, 6.07) is 1.41. The van der Waals surface area contributed by atoms with Gasteiger partial charge in [-0.25, -0.2) is 0 Å². The van der Waals surface area contributed by atoms with Gasteiger partial charge in [-0.1, -0.05) is 6.07 Å². The van der Waals surface area contributed by atoms with Gasteiger partial charge in [0.2, 0.25) is 0 Å². The fraction of sp³-hybridized carbons (Fsp3) is 0.417. The molecule has 1 aliphatic rings. The molecule has 7 heteroatoms. The monoisotopic (exact) mass is 282 g/mol. The first-order chi connectivity index (χ1) is 8.60. The van der Waals surface area contributed by atoms with Crippen molar-refractivity contribution in [1.29, 1.82) is 0 Å². The highest BCUT2D eigenvalue weighted by Gasteiger charge is 2.42. The Hall–Kier alpha value is -1.53. The summed E-state index contributed by atoms with van der Waals surface area (Å²) in [7, 11) is 0. The van der Waals surface area contributed by atoms with E-state index in [0.29, 0.717) is 6.07 Å². The van der Waals surface area contributed by atoms with E-state index in [4.69, 9.17) is 0 Å². The van der Waals surface area contributed by atoms with Crippen LogP contribution < -0.4 is 0 Å². The van der Waals surface area contributed by atoms with Gasteiger partial charge in [-0.05, 0) is 24.1 Å². The normalized spacial score (nSPS) is 20.3. The number of carbonyl (C=O) groups is 1. The fourth-order valence-corrected chi connectivity index (χ4v) is 2.02. The van der Waals surface area contributed by atoms with Crippen LogP contribution in [-0.2, 0) is 17.1 Å². The van der Waals surface area contributed by atoms with Crippen molar-refractivity contribution in [2.24, 2.45) is 0 Å². The molecule has 104 valence electrons. The van der Waals surface area contributed by atoms with Crippen molar-refractivity contribution in [3.63, 3.8) is 0 Å². The Labute approximate surface area is 104 Å². The average Bonchev–Trinajstić information content (AvgIpc) is 2.24. The van der Waals surface area contributed by atoms with Crippen LogP contribution in [0.4, 0.5) is 26.3 Å². The number of carbonyl (C=O) groups excluding carboxylic acids is 1. The van der Waals surface area contributed by atoms with Crippen molar-refractivity contribution in [3.8, 4) is 0 Å². The molecule has 0 spiro atoms. The number of alkyl halides is 6. The number of hydrogen-bond acceptors (Lipinski definition) is 1. The van der Waals surface area contributed by atoms with E-state index >= 15 is 0 Å². The lowest BCUT2D eigenvalue weighted by atomic mass is 9.76. The second-order valence-corrected chi connectivity index (χ2v) is 4.36. The van der Waals surface area contributed by atoms with E-state index in [-0.39, 0.29) is 30.3 Å². The lowest BCUT2D eigenvalue weighted by Gasteiger charge is -2.27. The van der Waals surface area contributed by atoms with E-state index in [1.54, 1.807) is 0 Å². The number of Topliss-reactive ketones (excluding diaryl/α,β-unsaturated/α-hetero) is 1. The maximum Gasteiger partial charge on any atom is 0.416 e. The SMILES string of the molecule is O=C1CCC1c1ccc(C(F)(F)F)cc1C(F)(F)F. The molecule has 0 heterocycles. The number of ketones is 1. The van der Waals surface area contributed by atoms with E-state index < -0.39 is 29.4 Å². The molecule has 1 fully saturated rings. The zero-order chi connectivity index (χ0) is 14.4. The largest absolute Gasteiger partial charge is 0.416 e.